The molecular weight excluding hydrogens is 262 g/mol. The number of ketones is 1. The molecule has 0 fully saturated rings. The fourth-order valence-corrected chi connectivity index (χ4v) is 1.64. The maximum Gasteiger partial charge on any atom is 0.417 e. The Bertz CT molecular complexity index is 608. The van der Waals surface area contributed by atoms with E-state index in [4.69, 9.17) is 0 Å². The van der Waals surface area contributed by atoms with Crippen molar-refractivity contribution in [3.63, 3.8) is 0 Å². The standard InChI is InChI=1S/C13H7F4NO/c14-10-3-1-2-9(13(15,16)17)11(10)12(19)8-4-6-18-7-5-8/h1-7H. The molecular formula is C13H7F4NO. The Kier molecular flexibility index (Phi) is 3.33. The topological polar surface area (TPSA) is 30.0 Å². The van der Waals surface area contributed by atoms with Gasteiger partial charge in [-0.2, -0.15) is 13.2 Å². The molecule has 0 saturated heterocycles. The number of rotatable bonds is 2. The van der Waals surface area contributed by atoms with Crippen molar-refractivity contribution in [3.05, 3.63) is 65.2 Å². The van der Waals surface area contributed by atoms with E-state index in [0.717, 1.165) is 12.1 Å². The van der Waals surface area contributed by atoms with Crippen molar-refractivity contribution in [2.75, 3.05) is 0 Å². The summed E-state index contributed by atoms with van der Waals surface area (Å²) in [6, 6.07) is 4.88. The third-order valence-corrected chi connectivity index (χ3v) is 2.49. The Morgan fingerprint density at radius 3 is 2.26 bits per heavy atom. The molecule has 0 atom stereocenters. The fraction of sp³-hybridized carbons (Fsp3) is 0.0769. The SMILES string of the molecule is O=C(c1ccncc1)c1c(F)cccc1C(F)(F)F. The lowest BCUT2D eigenvalue weighted by atomic mass is 9.98. The van der Waals surface area contributed by atoms with Gasteiger partial charge in [0.05, 0.1) is 11.1 Å². The summed E-state index contributed by atoms with van der Waals surface area (Å²) in [4.78, 5) is 15.6. The quantitative estimate of drug-likeness (QED) is 0.617. The summed E-state index contributed by atoms with van der Waals surface area (Å²) >= 11 is 0. The van der Waals surface area contributed by atoms with Gasteiger partial charge in [0.25, 0.3) is 0 Å². The Balaban J connectivity index is 2.60. The average molecular weight is 269 g/mol. The van der Waals surface area contributed by atoms with Crippen molar-refractivity contribution in [1.82, 2.24) is 4.98 Å². The number of nitrogens with zero attached hydrogens (tertiary/aromatic N) is 1. The molecule has 0 bridgehead atoms. The minimum atomic E-state index is -4.79. The van der Waals surface area contributed by atoms with E-state index in [1.54, 1.807) is 0 Å². The number of hydrogen-bond acceptors (Lipinski definition) is 2. The maximum absolute atomic E-state index is 13.6. The molecule has 2 nitrogen and oxygen atoms in total. The Morgan fingerprint density at radius 1 is 1.05 bits per heavy atom. The van der Waals surface area contributed by atoms with Crippen molar-refractivity contribution in [3.8, 4) is 0 Å². The molecule has 0 spiro atoms. The summed E-state index contributed by atoms with van der Waals surface area (Å²) < 4.78 is 51.9. The first-order chi connectivity index (χ1) is 8.91. The summed E-state index contributed by atoms with van der Waals surface area (Å²) in [7, 11) is 0. The van der Waals surface area contributed by atoms with Crippen LogP contribution in [0.15, 0.2) is 42.7 Å². The van der Waals surface area contributed by atoms with Gasteiger partial charge in [-0.05, 0) is 24.3 Å². The largest absolute Gasteiger partial charge is 0.417 e. The molecule has 19 heavy (non-hydrogen) atoms. The zero-order valence-electron chi connectivity index (χ0n) is 9.41. The molecule has 2 rings (SSSR count). The van der Waals surface area contributed by atoms with Crippen LogP contribution in [0.1, 0.15) is 21.5 Å². The summed E-state index contributed by atoms with van der Waals surface area (Å²) in [6.07, 6.45) is -2.29. The van der Waals surface area contributed by atoms with Crippen molar-refractivity contribution >= 4 is 5.78 Å². The molecule has 1 aromatic heterocycles. The van der Waals surface area contributed by atoms with Gasteiger partial charge >= 0.3 is 6.18 Å². The number of halogens is 4. The van der Waals surface area contributed by atoms with Crippen LogP contribution < -0.4 is 0 Å². The van der Waals surface area contributed by atoms with Crippen LogP contribution >= 0.6 is 0 Å². The third-order valence-electron chi connectivity index (χ3n) is 2.49. The Morgan fingerprint density at radius 2 is 1.68 bits per heavy atom. The highest BCUT2D eigenvalue weighted by Crippen LogP contribution is 2.34. The summed E-state index contributed by atoms with van der Waals surface area (Å²) in [5.74, 6) is -2.22. The molecule has 0 N–H and O–H groups in total. The van der Waals surface area contributed by atoms with Crippen LogP contribution in [0.5, 0.6) is 0 Å². The van der Waals surface area contributed by atoms with Gasteiger partial charge in [0, 0.05) is 18.0 Å². The lowest BCUT2D eigenvalue weighted by molar-refractivity contribution is -0.138. The second kappa shape index (κ2) is 4.79. The van der Waals surface area contributed by atoms with Crippen LogP contribution in [-0.2, 0) is 6.18 Å². The summed E-state index contributed by atoms with van der Waals surface area (Å²) in [5.41, 5.74) is -2.30. The molecule has 1 heterocycles. The highest BCUT2D eigenvalue weighted by Gasteiger charge is 2.36. The molecule has 6 heteroatoms. The zero-order valence-corrected chi connectivity index (χ0v) is 9.41. The highest BCUT2D eigenvalue weighted by atomic mass is 19.4. The smallest absolute Gasteiger partial charge is 0.288 e. The van der Waals surface area contributed by atoms with Crippen LogP contribution in [0, 0.1) is 5.82 Å². The second-order valence-electron chi connectivity index (χ2n) is 3.73. The normalized spacial score (nSPS) is 11.4. The van der Waals surface area contributed by atoms with Crippen LogP contribution in [0.3, 0.4) is 0 Å². The number of aromatic nitrogens is 1. The predicted octanol–water partition coefficient (Wildman–Crippen LogP) is 3.47. The van der Waals surface area contributed by atoms with Crippen LogP contribution in [-0.4, -0.2) is 10.8 Å². The Hall–Kier alpha value is -2.24. The van der Waals surface area contributed by atoms with Crippen LogP contribution in [0.25, 0.3) is 0 Å². The first-order valence-electron chi connectivity index (χ1n) is 5.21. The number of benzene rings is 1. The Labute approximate surface area is 105 Å². The molecule has 0 amide bonds. The predicted molar refractivity (Wildman–Crippen MR) is 59.1 cm³/mol. The monoisotopic (exact) mass is 269 g/mol. The van der Waals surface area contributed by atoms with Gasteiger partial charge in [0.1, 0.15) is 5.82 Å². The number of hydrogen-bond donors (Lipinski definition) is 0. The van der Waals surface area contributed by atoms with Gasteiger partial charge in [0.2, 0.25) is 0 Å². The highest BCUT2D eigenvalue weighted by molar-refractivity contribution is 6.10. The molecule has 2 aromatic rings. The first-order valence-corrected chi connectivity index (χ1v) is 5.21. The van der Waals surface area contributed by atoms with Crippen molar-refractivity contribution in [2.45, 2.75) is 6.18 Å². The molecule has 0 aliphatic rings. The van der Waals surface area contributed by atoms with E-state index in [1.807, 2.05) is 0 Å². The van der Waals surface area contributed by atoms with E-state index >= 15 is 0 Å². The lowest BCUT2D eigenvalue weighted by Crippen LogP contribution is -2.15. The summed E-state index contributed by atoms with van der Waals surface area (Å²) in [6.45, 7) is 0. The van der Waals surface area contributed by atoms with E-state index in [-0.39, 0.29) is 5.56 Å². The van der Waals surface area contributed by atoms with Gasteiger partial charge < -0.3 is 0 Å². The van der Waals surface area contributed by atoms with Gasteiger partial charge in [-0.25, -0.2) is 4.39 Å². The van der Waals surface area contributed by atoms with Crippen LogP contribution in [0.2, 0.25) is 0 Å². The minimum Gasteiger partial charge on any atom is -0.288 e. The lowest BCUT2D eigenvalue weighted by Gasteiger charge is -2.12. The van der Waals surface area contributed by atoms with Crippen molar-refractivity contribution in [2.24, 2.45) is 0 Å². The molecule has 0 aliphatic heterocycles. The molecule has 1 aromatic carbocycles. The van der Waals surface area contributed by atoms with E-state index in [1.165, 1.54) is 24.5 Å². The van der Waals surface area contributed by atoms with E-state index in [2.05, 4.69) is 4.98 Å². The maximum atomic E-state index is 13.6. The fourth-order valence-electron chi connectivity index (χ4n) is 1.64. The second-order valence-corrected chi connectivity index (χ2v) is 3.73. The molecule has 0 unspecified atom stereocenters. The van der Waals surface area contributed by atoms with E-state index in [0.29, 0.717) is 6.07 Å². The zero-order chi connectivity index (χ0) is 14.0. The molecule has 0 aliphatic carbocycles. The van der Waals surface area contributed by atoms with Gasteiger partial charge in [-0.15, -0.1) is 0 Å². The van der Waals surface area contributed by atoms with Crippen molar-refractivity contribution < 1.29 is 22.4 Å². The van der Waals surface area contributed by atoms with Gasteiger partial charge in [0.15, 0.2) is 5.78 Å². The molecule has 98 valence electrons. The minimum absolute atomic E-state index is 0.0504. The number of pyridine rings is 1. The number of carbonyl (C=O) groups is 1. The van der Waals surface area contributed by atoms with Gasteiger partial charge in [-0.1, -0.05) is 6.07 Å². The number of carbonyl (C=O) groups excluding carboxylic acids is 1. The third kappa shape index (κ3) is 2.62. The average Bonchev–Trinajstić information content (AvgIpc) is 2.37. The van der Waals surface area contributed by atoms with E-state index in [9.17, 15) is 22.4 Å². The molecule has 0 radical (unpaired) electrons. The molecule has 0 saturated carbocycles. The summed E-state index contributed by atoms with van der Waals surface area (Å²) in [5, 5.41) is 0. The van der Waals surface area contributed by atoms with Crippen LogP contribution in [0.4, 0.5) is 17.6 Å². The van der Waals surface area contributed by atoms with Crippen molar-refractivity contribution in [1.29, 1.82) is 0 Å². The van der Waals surface area contributed by atoms with E-state index < -0.39 is 28.9 Å². The van der Waals surface area contributed by atoms with Gasteiger partial charge in [-0.3, -0.25) is 9.78 Å². The number of alkyl halides is 3. The first kappa shape index (κ1) is 13.2.